The quantitative estimate of drug-likeness (QED) is 0.565. The first-order valence-corrected chi connectivity index (χ1v) is 7.46. The molecule has 102 valence electrons. The van der Waals surface area contributed by atoms with Crippen LogP contribution in [0.25, 0.3) is 0 Å². The molecule has 0 aromatic carbocycles. The maximum Gasteiger partial charge on any atom is 0.0588 e. The van der Waals surface area contributed by atoms with Crippen molar-refractivity contribution in [3.05, 3.63) is 6.58 Å². The summed E-state index contributed by atoms with van der Waals surface area (Å²) in [5, 5.41) is 0. The lowest BCUT2D eigenvalue weighted by atomic mass is 9.91. The van der Waals surface area contributed by atoms with Gasteiger partial charge in [0.15, 0.2) is 0 Å². The Morgan fingerprint density at radius 2 is 1.59 bits per heavy atom. The number of rotatable bonds is 3. The average molecular weight is 239 g/mol. The van der Waals surface area contributed by atoms with E-state index in [0.29, 0.717) is 6.04 Å². The van der Waals surface area contributed by atoms with Gasteiger partial charge in [0, 0.05) is 0 Å². The van der Waals surface area contributed by atoms with Crippen LogP contribution in [-0.2, 0) is 0 Å². The Labute approximate surface area is 109 Å². The van der Waals surface area contributed by atoms with Gasteiger partial charge in [-0.15, -0.1) is 0 Å². The van der Waals surface area contributed by atoms with Crippen LogP contribution in [0.1, 0.15) is 79.6 Å². The van der Waals surface area contributed by atoms with Crippen molar-refractivity contribution >= 4 is 5.87 Å². The Balaban J connectivity index is 0. The summed E-state index contributed by atoms with van der Waals surface area (Å²) in [5.74, 6) is 3.58. The van der Waals surface area contributed by atoms with Crippen molar-refractivity contribution in [1.82, 2.24) is 0 Å². The van der Waals surface area contributed by atoms with Gasteiger partial charge in [0.1, 0.15) is 0 Å². The van der Waals surface area contributed by atoms with Crippen LogP contribution in [0.2, 0.25) is 0 Å². The van der Waals surface area contributed by atoms with Crippen molar-refractivity contribution in [2.24, 2.45) is 10.9 Å². The largest absolute Gasteiger partial charge is 0.240 e. The molecule has 0 amide bonds. The molecule has 0 atom stereocenters. The van der Waals surface area contributed by atoms with Crippen molar-refractivity contribution in [2.75, 3.05) is 0 Å². The second kappa shape index (κ2) is 15.4. The minimum absolute atomic E-state index is 0.451. The highest BCUT2D eigenvalue weighted by Gasteiger charge is 2.05. The fourth-order valence-electron chi connectivity index (χ4n) is 1.91. The van der Waals surface area contributed by atoms with Gasteiger partial charge in [0.05, 0.1) is 6.04 Å². The average Bonchev–Trinajstić information content (AvgIpc) is 2.40. The molecule has 0 aromatic heterocycles. The molecule has 0 spiro atoms. The molecule has 1 heteroatoms. The number of aliphatic imine (C=N–C) groups is 1. The molecule has 0 aromatic rings. The van der Waals surface area contributed by atoms with Crippen molar-refractivity contribution in [3.63, 3.8) is 0 Å². The van der Waals surface area contributed by atoms with E-state index in [4.69, 9.17) is 0 Å². The molecule has 1 nitrogen and oxygen atoms in total. The predicted molar refractivity (Wildman–Crippen MR) is 81.0 cm³/mol. The summed E-state index contributed by atoms with van der Waals surface area (Å²) in [7, 11) is 0. The van der Waals surface area contributed by atoms with Gasteiger partial charge >= 0.3 is 0 Å². The zero-order valence-corrected chi connectivity index (χ0v) is 12.8. The van der Waals surface area contributed by atoms with Crippen LogP contribution in [0.5, 0.6) is 0 Å². The summed E-state index contributed by atoms with van der Waals surface area (Å²) in [4.78, 5) is 4.00. The number of nitrogens with zero attached hydrogens (tertiary/aromatic N) is 1. The van der Waals surface area contributed by atoms with Crippen molar-refractivity contribution < 1.29 is 0 Å². The van der Waals surface area contributed by atoms with E-state index in [1.807, 2.05) is 13.8 Å². The summed E-state index contributed by atoms with van der Waals surface area (Å²) >= 11 is 0. The van der Waals surface area contributed by atoms with E-state index in [2.05, 4.69) is 38.2 Å². The molecule has 1 aliphatic rings. The normalized spacial score (nSPS) is 14.9. The third-order valence-electron chi connectivity index (χ3n) is 3.11. The van der Waals surface area contributed by atoms with Gasteiger partial charge in [-0.25, -0.2) is 4.99 Å². The predicted octanol–water partition coefficient (Wildman–Crippen LogP) is 5.64. The van der Waals surface area contributed by atoms with E-state index in [9.17, 15) is 0 Å². The van der Waals surface area contributed by atoms with Gasteiger partial charge in [-0.1, -0.05) is 66.7 Å². The first kappa shape index (κ1) is 18.8. The second-order valence-corrected chi connectivity index (χ2v) is 4.50. The van der Waals surface area contributed by atoms with E-state index >= 15 is 0 Å². The third kappa shape index (κ3) is 13.4. The van der Waals surface area contributed by atoms with Gasteiger partial charge in [-0.05, 0) is 31.2 Å². The lowest BCUT2D eigenvalue weighted by molar-refractivity contribution is 0.385. The third-order valence-corrected chi connectivity index (χ3v) is 3.11. The van der Waals surface area contributed by atoms with Crippen molar-refractivity contribution in [1.29, 1.82) is 0 Å². The lowest BCUT2D eigenvalue weighted by Gasteiger charge is -2.15. The Hall–Kier alpha value is -0.550. The molecule has 0 unspecified atom stereocenters. The molecule has 0 N–H and O–H groups in total. The highest BCUT2D eigenvalue weighted by atomic mass is 14.7. The van der Waals surface area contributed by atoms with E-state index in [1.54, 1.807) is 0 Å². The molecule has 0 radical (unpaired) electrons. The van der Waals surface area contributed by atoms with Crippen LogP contribution in [0.3, 0.4) is 0 Å². The van der Waals surface area contributed by atoms with Gasteiger partial charge in [-0.3, -0.25) is 0 Å². The maximum absolute atomic E-state index is 4.00. The number of hydrogen-bond donors (Lipinski definition) is 0. The molecule has 1 rings (SSSR count). The molecule has 1 aliphatic carbocycles. The fourth-order valence-corrected chi connectivity index (χ4v) is 1.91. The molecule has 1 fully saturated rings. The van der Waals surface area contributed by atoms with Crippen LogP contribution in [0.15, 0.2) is 11.6 Å². The molecule has 1 saturated carbocycles. The highest BCUT2D eigenvalue weighted by Crippen LogP contribution is 2.22. The van der Waals surface area contributed by atoms with E-state index < -0.39 is 0 Å². The first-order chi connectivity index (χ1) is 8.24. The molecule has 0 heterocycles. The Morgan fingerprint density at radius 3 is 1.76 bits per heavy atom. The van der Waals surface area contributed by atoms with Gasteiger partial charge in [0.25, 0.3) is 0 Å². The van der Waals surface area contributed by atoms with E-state index in [1.165, 1.54) is 32.1 Å². The fraction of sp³-hybridized carbons (Fsp3) is 0.875. The van der Waals surface area contributed by atoms with Crippen molar-refractivity contribution in [3.8, 4) is 0 Å². The first-order valence-electron chi connectivity index (χ1n) is 7.46. The molecule has 0 bridgehead atoms. The van der Waals surface area contributed by atoms with Crippen LogP contribution in [0, 0.1) is 5.92 Å². The Kier molecular flexibility index (Phi) is 17.1. The smallest absolute Gasteiger partial charge is 0.0588 e. The lowest BCUT2D eigenvalue weighted by Crippen LogP contribution is -1.99. The van der Waals surface area contributed by atoms with Gasteiger partial charge < -0.3 is 0 Å². The van der Waals surface area contributed by atoms with E-state index in [0.717, 1.165) is 18.8 Å². The molecule has 0 aliphatic heterocycles. The monoisotopic (exact) mass is 239 g/mol. The summed E-state index contributed by atoms with van der Waals surface area (Å²) in [6.45, 7) is 14.0. The SMILES string of the molecule is C=C=NC(CC)CC.CC.CC1CCCCC1. The molecule has 0 saturated heterocycles. The molecular formula is C16H33N. The molecule has 17 heavy (non-hydrogen) atoms. The standard InChI is InChI=1S/C7H13N.C7H14.C2H6/c1-4-7(5-2)8-6-3;1-7-5-3-2-4-6-7;1-2/h7H,3-5H2,1-2H3;7H,2-6H2,1H3;1-2H3. The van der Waals surface area contributed by atoms with Crippen LogP contribution < -0.4 is 0 Å². The minimum Gasteiger partial charge on any atom is -0.240 e. The minimum atomic E-state index is 0.451. The van der Waals surface area contributed by atoms with Crippen LogP contribution in [0.4, 0.5) is 0 Å². The van der Waals surface area contributed by atoms with Gasteiger partial charge in [-0.2, -0.15) is 0 Å². The summed E-state index contributed by atoms with van der Waals surface area (Å²) in [6.07, 6.45) is 9.63. The number of hydrogen-bond acceptors (Lipinski definition) is 1. The van der Waals surface area contributed by atoms with Crippen molar-refractivity contribution in [2.45, 2.75) is 85.6 Å². The topological polar surface area (TPSA) is 12.4 Å². The van der Waals surface area contributed by atoms with E-state index in [-0.39, 0.29) is 0 Å². The van der Waals surface area contributed by atoms with Crippen LogP contribution >= 0.6 is 0 Å². The maximum atomic E-state index is 4.00. The highest BCUT2D eigenvalue weighted by molar-refractivity contribution is 5.46. The summed E-state index contributed by atoms with van der Waals surface area (Å²) in [6, 6.07) is 0.451. The second-order valence-electron chi connectivity index (χ2n) is 4.50. The van der Waals surface area contributed by atoms with Gasteiger partial charge in [0.2, 0.25) is 0 Å². The Bertz CT molecular complexity index is 170. The van der Waals surface area contributed by atoms with Crippen LogP contribution in [-0.4, -0.2) is 11.9 Å². The zero-order chi connectivity index (χ0) is 13.5. The molecular weight excluding hydrogens is 206 g/mol. The zero-order valence-electron chi connectivity index (χ0n) is 12.8. The Morgan fingerprint density at radius 1 is 1.12 bits per heavy atom. The summed E-state index contributed by atoms with van der Waals surface area (Å²) < 4.78 is 0. The summed E-state index contributed by atoms with van der Waals surface area (Å²) in [5.41, 5.74) is 0.